The van der Waals surface area contributed by atoms with Crippen molar-refractivity contribution in [2.24, 2.45) is 17.4 Å². The Hall–Kier alpha value is -0.850. The average Bonchev–Trinajstić information content (AvgIpc) is 1.63. The zero-order valence-electron chi connectivity index (χ0n) is 6.11. The molecule has 0 aromatic heterocycles. The summed E-state index contributed by atoms with van der Waals surface area (Å²) in [4.78, 5) is 9.60. The van der Waals surface area contributed by atoms with Crippen molar-refractivity contribution in [1.82, 2.24) is 5.12 Å². The molecule has 0 rings (SSSR count). The third kappa shape index (κ3) is 27.3. The lowest BCUT2D eigenvalue weighted by Crippen LogP contribution is -2.46. The molecule has 62 valence electrons. The first-order chi connectivity index (χ1) is 4.37. The highest BCUT2D eigenvalue weighted by Gasteiger charge is 1.90. The van der Waals surface area contributed by atoms with Crippen LogP contribution in [-0.4, -0.2) is 22.4 Å². The third-order valence-electron chi connectivity index (χ3n) is 0.254. The summed E-state index contributed by atoms with van der Waals surface area (Å²) in [5.74, 6) is 9.14. The number of nitrogens with zero attached hydrogens (tertiary/aromatic N) is 1. The van der Waals surface area contributed by atoms with Crippen LogP contribution in [0.5, 0.6) is 0 Å². The fraction of sp³-hybridized carbons (Fsp3) is 0.750. The quantitative estimate of drug-likeness (QED) is 0.191. The van der Waals surface area contributed by atoms with Gasteiger partial charge in [-0.05, 0) is 13.8 Å². The average molecular weight is 150 g/mol. The van der Waals surface area contributed by atoms with Crippen LogP contribution in [0.4, 0.5) is 4.79 Å². The number of urea groups is 1. The molecule has 0 saturated carbocycles. The SMILES string of the molecule is CC(C)O.NC(=O)N(N)N. The Morgan fingerprint density at radius 3 is 1.60 bits per heavy atom. The summed E-state index contributed by atoms with van der Waals surface area (Å²) in [7, 11) is 0. The number of nitrogens with two attached hydrogens (primary N) is 3. The Kier molecular flexibility index (Phi) is 7.46. The van der Waals surface area contributed by atoms with Gasteiger partial charge in [0.25, 0.3) is 0 Å². The second kappa shape index (κ2) is 6.27. The van der Waals surface area contributed by atoms with E-state index in [1.54, 1.807) is 13.8 Å². The highest BCUT2D eigenvalue weighted by molar-refractivity contribution is 5.70. The van der Waals surface area contributed by atoms with E-state index in [1.165, 1.54) is 0 Å². The van der Waals surface area contributed by atoms with Crippen LogP contribution < -0.4 is 17.4 Å². The number of carbonyl (C=O) groups excluding carboxylic acids is 1. The van der Waals surface area contributed by atoms with Crippen molar-refractivity contribution in [3.8, 4) is 0 Å². The van der Waals surface area contributed by atoms with Gasteiger partial charge in [0.2, 0.25) is 0 Å². The van der Waals surface area contributed by atoms with Gasteiger partial charge in [-0.15, -0.1) is 0 Å². The summed E-state index contributed by atoms with van der Waals surface area (Å²) in [6, 6.07) is -0.852. The predicted octanol–water partition coefficient (Wildman–Crippen LogP) is -1.50. The first kappa shape index (κ1) is 11.9. The van der Waals surface area contributed by atoms with Crippen LogP contribution in [0.25, 0.3) is 0 Å². The molecule has 0 aromatic carbocycles. The summed E-state index contributed by atoms with van der Waals surface area (Å²) >= 11 is 0. The summed E-state index contributed by atoms with van der Waals surface area (Å²) in [5.41, 5.74) is 4.47. The zero-order valence-corrected chi connectivity index (χ0v) is 6.11. The monoisotopic (exact) mass is 150 g/mol. The molecule has 0 saturated heterocycles. The van der Waals surface area contributed by atoms with Gasteiger partial charge < -0.3 is 10.8 Å². The Morgan fingerprint density at radius 1 is 1.50 bits per heavy atom. The van der Waals surface area contributed by atoms with E-state index < -0.39 is 6.03 Å². The molecule has 6 heteroatoms. The molecular formula is C4H14N4O2. The zero-order chi connectivity index (χ0) is 8.73. The highest BCUT2D eigenvalue weighted by atomic mass is 16.3. The standard InChI is InChI=1S/C3H8O.CH6N4O/c1-3(2)4;2-1(6)5(3)4/h3-4H,1-2H3;3-4H2,(H2,2,6). The Labute approximate surface area is 59.5 Å². The fourth-order valence-electron chi connectivity index (χ4n) is 0. The first-order valence-electron chi connectivity index (χ1n) is 2.65. The van der Waals surface area contributed by atoms with Crippen molar-refractivity contribution < 1.29 is 9.90 Å². The lowest BCUT2D eigenvalue weighted by Gasteiger charge is -2.00. The molecule has 0 spiro atoms. The number of aliphatic hydroxyl groups excluding tert-OH is 1. The van der Waals surface area contributed by atoms with Crippen molar-refractivity contribution in [2.45, 2.75) is 20.0 Å². The van der Waals surface area contributed by atoms with Crippen LogP contribution in [0, 0.1) is 0 Å². The molecule has 0 aromatic rings. The van der Waals surface area contributed by atoms with Gasteiger partial charge in [0.05, 0.1) is 0 Å². The molecule has 6 nitrogen and oxygen atoms in total. The number of hydrogen-bond acceptors (Lipinski definition) is 4. The van der Waals surface area contributed by atoms with E-state index in [2.05, 4.69) is 17.4 Å². The fourth-order valence-corrected chi connectivity index (χ4v) is 0. The summed E-state index contributed by atoms with van der Waals surface area (Å²) in [6.07, 6.45) is -0.167. The smallest absolute Gasteiger partial charge is 0.343 e. The van der Waals surface area contributed by atoms with E-state index in [-0.39, 0.29) is 6.10 Å². The van der Waals surface area contributed by atoms with Crippen molar-refractivity contribution >= 4 is 6.03 Å². The van der Waals surface area contributed by atoms with Crippen molar-refractivity contribution in [3.63, 3.8) is 0 Å². The maximum Gasteiger partial charge on any atom is 0.343 e. The lowest BCUT2D eigenvalue weighted by atomic mass is 10.5. The lowest BCUT2D eigenvalue weighted by molar-refractivity contribution is 0.210. The minimum atomic E-state index is -0.852. The van der Waals surface area contributed by atoms with Crippen molar-refractivity contribution in [2.75, 3.05) is 0 Å². The molecule has 10 heavy (non-hydrogen) atoms. The third-order valence-corrected chi connectivity index (χ3v) is 0.254. The molecular weight excluding hydrogens is 136 g/mol. The van der Waals surface area contributed by atoms with Crippen LogP contribution in [0.15, 0.2) is 0 Å². The largest absolute Gasteiger partial charge is 0.394 e. The molecule has 0 atom stereocenters. The van der Waals surface area contributed by atoms with E-state index >= 15 is 0 Å². The molecule has 0 aliphatic heterocycles. The Bertz CT molecular complexity index is 90.5. The minimum absolute atomic E-state index is 0.167. The summed E-state index contributed by atoms with van der Waals surface area (Å²) in [6.45, 7) is 3.44. The first-order valence-corrected chi connectivity index (χ1v) is 2.65. The van der Waals surface area contributed by atoms with Gasteiger partial charge in [0, 0.05) is 6.10 Å². The second-order valence-electron chi connectivity index (χ2n) is 1.84. The maximum atomic E-state index is 9.60. The van der Waals surface area contributed by atoms with E-state index in [0.717, 1.165) is 0 Å². The summed E-state index contributed by atoms with van der Waals surface area (Å²) in [5, 5.41) is 8.36. The molecule has 7 N–H and O–H groups in total. The van der Waals surface area contributed by atoms with Crippen molar-refractivity contribution in [3.05, 3.63) is 0 Å². The van der Waals surface area contributed by atoms with Gasteiger partial charge >= 0.3 is 6.03 Å². The van der Waals surface area contributed by atoms with Crippen LogP contribution >= 0.6 is 0 Å². The molecule has 0 bridgehead atoms. The number of primary amides is 1. The van der Waals surface area contributed by atoms with Gasteiger partial charge in [0.15, 0.2) is 0 Å². The van der Waals surface area contributed by atoms with Gasteiger partial charge in [-0.1, -0.05) is 0 Å². The number of hydrogen-bond donors (Lipinski definition) is 4. The summed E-state index contributed by atoms with van der Waals surface area (Å²) < 4.78 is 0. The normalized spacial score (nSPS) is 8.20. The predicted molar refractivity (Wildman–Crippen MR) is 37.2 cm³/mol. The van der Waals surface area contributed by atoms with E-state index in [0.29, 0.717) is 5.12 Å². The maximum absolute atomic E-state index is 9.60. The number of amides is 2. The van der Waals surface area contributed by atoms with Crippen LogP contribution in [0.1, 0.15) is 13.8 Å². The number of rotatable bonds is 0. The van der Waals surface area contributed by atoms with Crippen LogP contribution in [0.3, 0.4) is 0 Å². The van der Waals surface area contributed by atoms with Gasteiger partial charge in [-0.3, -0.25) is 0 Å². The number of carbonyl (C=O) groups is 1. The second-order valence-corrected chi connectivity index (χ2v) is 1.84. The molecule has 0 fully saturated rings. The molecule has 0 aliphatic carbocycles. The van der Waals surface area contributed by atoms with Gasteiger partial charge in [-0.25, -0.2) is 16.5 Å². The van der Waals surface area contributed by atoms with E-state index in [9.17, 15) is 4.79 Å². The van der Waals surface area contributed by atoms with Crippen molar-refractivity contribution in [1.29, 1.82) is 0 Å². The number of hydrazine groups is 2. The molecule has 2 amide bonds. The van der Waals surface area contributed by atoms with E-state index in [1.807, 2.05) is 0 Å². The Balaban J connectivity index is 0. The molecule has 0 unspecified atom stereocenters. The Morgan fingerprint density at radius 2 is 1.60 bits per heavy atom. The molecule has 0 aliphatic rings. The molecule has 0 radical (unpaired) electrons. The molecule has 0 heterocycles. The number of aliphatic hydroxyl groups is 1. The van der Waals surface area contributed by atoms with Gasteiger partial charge in [-0.2, -0.15) is 5.12 Å². The van der Waals surface area contributed by atoms with Gasteiger partial charge in [0.1, 0.15) is 0 Å². The van der Waals surface area contributed by atoms with Crippen LogP contribution in [-0.2, 0) is 0 Å². The van der Waals surface area contributed by atoms with E-state index in [4.69, 9.17) is 5.11 Å². The highest BCUT2D eigenvalue weighted by Crippen LogP contribution is 1.65. The van der Waals surface area contributed by atoms with Crippen LogP contribution in [0.2, 0.25) is 0 Å². The minimum Gasteiger partial charge on any atom is -0.394 e. The topological polar surface area (TPSA) is 119 Å².